The molecule has 2 amide bonds. The first kappa shape index (κ1) is 22.2. The Balaban J connectivity index is 1.32. The number of piperidine rings is 1. The Kier molecular flexibility index (Phi) is 8.66. The smallest absolute Gasteiger partial charge is 0.231 e. The van der Waals surface area contributed by atoms with Crippen LogP contribution in [0.2, 0.25) is 0 Å². The van der Waals surface area contributed by atoms with Gasteiger partial charge in [-0.3, -0.25) is 9.59 Å². The fourth-order valence-corrected chi connectivity index (χ4v) is 4.13. The monoisotopic (exact) mass is 410 g/mol. The normalized spacial score (nSPS) is 14.9. The van der Waals surface area contributed by atoms with Gasteiger partial charge in [0, 0.05) is 13.1 Å². The summed E-state index contributed by atoms with van der Waals surface area (Å²) in [4.78, 5) is 25.5. The summed E-state index contributed by atoms with van der Waals surface area (Å²) in [5.74, 6) is 0.566. The van der Waals surface area contributed by atoms with Crippen molar-refractivity contribution >= 4 is 22.6 Å². The summed E-state index contributed by atoms with van der Waals surface area (Å²) in [6.07, 6.45) is 4.71. The molecular weight excluding hydrogens is 376 g/mol. The second-order valence-electron chi connectivity index (χ2n) is 8.19. The molecule has 1 saturated heterocycles. The number of hydrogen-bond donors (Lipinski definition) is 3. The minimum absolute atomic E-state index is 0.237. The van der Waals surface area contributed by atoms with E-state index in [1.165, 1.54) is 10.8 Å². The first-order valence-corrected chi connectivity index (χ1v) is 11.1. The van der Waals surface area contributed by atoms with Gasteiger partial charge in [0.05, 0.1) is 13.0 Å². The molecule has 1 fully saturated rings. The maximum Gasteiger partial charge on any atom is 0.231 e. The number of carbonyl (C=O) groups is 2. The van der Waals surface area contributed by atoms with Crippen molar-refractivity contribution in [2.45, 2.75) is 32.1 Å². The van der Waals surface area contributed by atoms with Crippen LogP contribution in [0.5, 0.6) is 0 Å². The molecule has 0 unspecified atom stereocenters. The largest absolute Gasteiger partial charge is 0.369 e. The van der Waals surface area contributed by atoms with Crippen molar-refractivity contribution in [3.8, 4) is 0 Å². The summed E-state index contributed by atoms with van der Waals surface area (Å²) in [7, 11) is 0. The molecule has 2 aromatic rings. The van der Waals surface area contributed by atoms with Gasteiger partial charge in [-0.1, -0.05) is 42.5 Å². The molecule has 3 rings (SSSR count). The topological polar surface area (TPSA) is 87.5 Å². The number of rotatable bonds is 11. The van der Waals surface area contributed by atoms with E-state index in [0.29, 0.717) is 12.3 Å². The molecule has 2 aromatic carbocycles. The Morgan fingerprint density at radius 1 is 0.967 bits per heavy atom. The summed E-state index contributed by atoms with van der Waals surface area (Å²) < 4.78 is 0. The van der Waals surface area contributed by atoms with Gasteiger partial charge in [-0.25, -0.2) is 0 Å². The highest BCUT2D eigenvalue weighted by atomic mass is 16.2. The Hall–Kier alpha value is -2.44. The average molecular weight is 411 g/mol. The van der Waals surface area contributed by atoms with Gasteiger partial charge in [-0.15, -0.1) is 0 Å². The molecule has 0 radical (unpaired) electrons. The molecule has 0 bridgehead atoms. The first-order chi connectivity index (χ1) is 14.6. The van der Waals surface area contributed by atoms with Crippen molar-refractivity contribution < 1.29 is 9.59 Å². The van der Waals surface area contributed by atoms with E-state index in [-0.39, 0.29) is 18.4 Å². The van der Waals surface area contributed by atoms with Crippen LogP contribution in [0, 0.1) is 5.92 Å². The van der Waals surface area contributed by atoms with E-state index in [2.05, 4.69) is 34.9 Å². The van der Waals surface area contributed by atoms with E-state index < -0.39 is 0 Å². The highest BCUT2D eigenvalue weighted by molar-refractivity contribution is 5.90. The zero-order valence-electron chi connectivity index (χ0n) is 17.7. The third-order valence-corrected chi connectivity index (χ3v) is 5.88. The fourth-order valence-electron chi connectivity index (χ4n) is 4.13. The van der Waals surface area contributed by atoms with E-state index in [0.717, 1.165) is 64.0 Å². The Bertz CT molecular complexity index is 826. The number of hydrogen-bond acceptors (Lipinski definition) is 4. The summed E-state index contributed by atoms with van der Waals surface area (Å²) in [6.45, 7) is 4.78. The molecule has 0 spiro atoms. The lowest BCUT2D eigenvalue weighted by molar-refractivity contribution is -0.131. The average Bonchev–Trinajstić information content (AvgIpc) is 2.76. The van der Waals surface area contributed by atoms with Crippen LogP contribution < -0.4 is 16.4 Å². The minimum atomic E-state index is -0.310. The zero-order chi connectivity index (χ0) is 21.2. The lowest BCUT2D eigenvalue weighted by Crippen LogP contribution is -2.41. The molecule has 162 valence electrons. The molecule has 0 atom stereocenters. The molecule has 4 N–H and O–H groups in total. The Labute approximate surface area is 179 Å². The SMILES string of the molecule is NC(=O)CNCCCCNCC1CCN(C(=O)Cc2cccc3ccccc23)CC1. The van der Waals surface area contributed by atoms with E-state index in [9.17, 15) is 9.59 Å². The third kappa shape index (κ3) is 6.82. The Morgan fingerprint density at radius 3 is 2.43 bits per heavy atom. The summed E-state index contributed by atoms with van der Waals surface area (Å²) in [5, 5.41) is 8.93. The van der Waals surface area contributed by atoms with E-state index >= 15 is 0 Å². The number of nitrogens with one attached hydrogen (secondary N) is 2. The third-order valence-electron chi connectivity index (χ3n) is 5.88. The minimum Gasteiger partial charge on any atom is -0.369 e. The van der Waals surface area contributed by atoms with Crippen LogP contribution in [0.25, 0.3) is 10.8 Å². The van der Waals surface area contributed by atoms with Gasteiger partial charge in [0.1, 0.15) is 0 Å². The zero-order valence-corrected chi connectivity index (χ0v) is 17.7. The van der Waals surface area contributed by atoms with Crippen molar-refractivity contribution in [3.05, 3.63) is 48.0 Å². The van der Waals surface area contributed by atoms with Crippen LogP contribution in [0.15, 0.2) is 42.5 Å². The lowest BCUT2D eigenvalue weighted by Gasteiger charge is -2.32. The number of carbonyl (C=O) groups excluding carboxylic acids is 2. The first-order valence-electron chi connectivity index (χ1n) is 11.1. The van der Waals surface area contributed by atoms with Crippen LogP contribution in [0.3, 0.4) is 0 Å². The molecule has 1 aliphatic rings. The second-order valence-corrected chi connectivity index (χ2v) is 8.19. The van der Waals surface area contributed by atoms with Gasteiger partial charge in [-0.2, -0.15) is 0 Å². The van der Waals surface area contributed by atoms with Gasteiger partial charge in [0.15, 0.2) is 0 Å². The van der Waals surface area contributed by atoms with E-state index in [1.807, 2.05) is 23.1 Å². The molecule has 0 aromatic heterocycles. The molecule has 0 aliphatic carbocycles. The molecule has 6 nitrogen and oxygen atoms in total. The van der Waals surface area contributed by atoms with Crippen LogP contribution in [0.1, 0.15) is 31.2 Å². The number of amides is 2. The van der Waals surface area contributed by atoms with Crippen molar-refractivity contribution in [3.63, 3.8) is 0 Å². The number of benzene rings is 2. The summed E-state index contributed by atoms with van der Waals surface area (Å²) in [5.41, 5.74) is 6.21. The number of fused-ring (bicyclic) bond motifs is 1. The molecule has 0 saturated carbocycles. The standard InChI is InChI=1S/C24H34N4O2/c25-23(29)18-27-13-4-3-12-26-17-19-10-14-28(15-11-19)24(30)16-21-8-5-7-20-6-1-2-9-22(20)21/h1-2,5-9,19,26-27H,3-4,10-18H2,(H2,25,29). The Morgan fingerprint density at radius 2 is 1.67 bits per heavy atom. The van der Waals surface area contributed by atoms with Gasteiger partial charge < -0.3 is 21.3 Å². The van der Waals surface area contributed by atoms with Gasteiger partial charge in [0.25, 0.3) is 0 Å². The maximum atomic E-state index is 12.8. The highest BCUT2D eigenvalue weighted by Crippen LogP contribution is 2.21. The van der Waals surface area contributed by atoms with Crippen molar-refractivity contribution in [2.75, 3.05) is 39.3 Å². The molecule has 6 heteroatoms. The van der Waals surface area contributed by atoms with Crippen LogP contribution in [-0.4, -0.2) is 56.0 Å². The maximum absolute atomic E-state index is 12.8. The van der Waals surface area contributed by atoms with Crippen LogP contribution >= 0.6 is 0 Å². The lowest BCUT2D eigenvalue weighted by atomic mass is 9.95. The quantitative estimate of drug-likeness (QED) is 0.495. The summed E-state index contributed by atoms with van der Waals surface area (Å²) >= 11 is 0. The second kappa shape index (κ2) is 11.7. The van der Waals surface area contributed by atoms with Crippen molar-refractivity contribution in [2.24, 2.45) is 11.7 Å². The number of nitrogens with zero attached hydrogens (tertiary/aromatic N) is 1. The molecule has 1 aliphatic heterocycles. The van der Waals surface area contributed by atoms with Gasteiger partial charge >= 0.3 is 0 Å². The highest BCUT2D eigenvalue weighted by Gasteiger charge is 2.22. The van der Waals surface area contributed by atoms with E-state index in [1.54, 1.807) is 0 Å². The molecular formula is C24H34N4O2. The van der Waals surface area contributed by atoms with Crippen molar-refractivity contribution in [1.82, 2.24) is 15.5 Å². The van der Waals surface area contributed by atoms with Crippen LogP contribution in [-0.2, 0) is 16.0 Å². The predicted octanol–water partition coefficient (Wildman–Crippen LogP) is 2.07. The summed E-state index contributed by atoms with van der Waals surface area (Å²) in [6, 6.07) is 14.5. The van der Waals surface area contributed by atoms with Gasteiger partial charge in [0.2, 0.25) is 11.8 Å². The van der Waals surface area contributed by atoms with Gasteiger partial charge in [-0.05, 0) is 67.6 Å². The number of likely N-dealkylation sites (tertiary alicyclic amines) is 1. The number of unbranched alkanes of at least 4 members (excludes halogenated alkanes) is 1. The van der Waals surface area contributed by atoms with Crippen LogP contribution in [0.4, 0.5) is 0 Å². The molecule has 30 heavy (non-hydrogen) atoms. The van der Waals surface area contributed by atoms with Crippen molar-refractivity contribution in [1.29, 1.82) is 0 Å². The number of primary amides is 1. The van der Waals surface area contributed by atoms with E-state index in [4.69, 9.17) is 5.73 Å². The predicted molar refractivity (Wildman–Crippen MR) is 121 cm³/mol. The number of nitrogens with two attached hydrogens (primary N) is 1. The fraction of sp³-hybridized carbons (Fsp3) is 0.500. The molecule has 1 heterocycles.